The number of hydrogen-bond acceptors (Lipinski definition) is 6. The van der Waals surface area contributed by atoms with Crippen LogP contribution in [0.5, 0.6) is 0 Å². The maximum absolute atomic E-state index is 12.1. The monoisotopic (exact) mass is 308 g/mol. The van der Waals surface area contributed by atoms with Crippen LogP contribution in [0.4, 0.5) is 0 Å². The lowest BCUT2D eigenvalue weighted by molar-refractivity contribution is -0.144. The van der Waals surface area contributed by atoms with Crippen molar-refractivity contribution in [3.63, 3.8) is 0 Å². The Morgan fingerprint density at radius 2 is 2.43 bits per heavy atom. The van der Waals surface area contributed by atoms with Crippen LogP contribution in [0.1, 0.15) is 11.4 Å². The fourth-order valence-electron chi connectivity index (χ4n) is 2.57. The minimum atomic E-state index is -0.855. The number of aromatic nitrogens is 2. The summed E-state index contributed by atoms with van der Waals surface area (Å²) in [4.78, 5) is 30.4. The summed E-state index contributed by atoms with van der Waals surface area (Å²) < 4.78 is 1.57. The molecule has 8 heteroatoms. The molecule has 3 heterocycles. The molecule has 0 aromatic carbocycles. The topological polar surface area (TPSA) is 86.9 Å². The number of hydrogen-bond donors (Lipinski definition) is 2. The van der Waals surface area contributed by atoms with Crippen LogP contribution in [0.3, 0.4) is 0 Å². The zero-order valence-corrected chi connectivity index (χ0v) is 12.4. The van der Waals surface area contributed by atoms with Gasteiger partial charge < -0.3 is 10.4 Å². The van der Waals surface area contributed by atoms with Crippen molar-refractivity contribution < 1.29 is 9.90 Å². The van der Waals surface area contributed by atoms with Gasteiger partial charge in [0.25, 0.3) is 5.56 Å². The minimum absolute atomic E-state index is 0.115. The lowest BCUT2D eigenvalue weighted by Crippen LogP contribution is -2.54. The second-order valence-corrected chi connectivity index (χ2v) is 5.95. The van der Waals surface area contributed by atoms with Crippen molar-refractivity contribution in [3.8, 4) is 0 Å². The third-order valence-corrected chi connectivity index (χ3v) is 4.58. The average Bonchev–Trinajstić information content (AvgIpc) is 2.81. The van der Waals surface area contributed by atoms with E-state index in [9.17, 15) is 14.7 Å². The molecular formula is C13H16N4O3S. The van der Waals surface area contributed by atoms with E-state index >= 15 is 0 Å². The van der Waals surface area contributed by atoms with E-state index < -0.39 is 12.0 Å². The van der Waals surface area contributed by atoms with Crippen molar-refractivity contribution in [2.45, 2.75) is 19.5 Å². The zero-order valence-electron chi connectivity index (χ0n) is 11.6. The molecule has 0 bridgehead atoms. The molecule has 1 unspecified atom stereocenters. The fourth-order valence-corrected chi connectivity index (χ4v) is 3.46. The molecule has 7 nitrogen and oxygen atoms in total. The van der Waals surface area contributed by atoms with Crippen molar-refractivity contribution in [1.29, 1.82) is 0 Å². The van der Waals surface area contributed by atoms with E-state index in [2.05, 4.69) is 10.3 Å². The molecule has 1 atom stereocenters. The van der Waals surface area contributed by atoms with Gasteiger partial charge in [-0.3, -0.25) is 18.9 Å². The van der Waals surface area contributed by atoms with E-state index in [1.807, 2.05) is 17.2 Å². The highest BCUT2D eigenvalue weighted by Crippen LogP contribution is 2.14. The highest BCUT2D eigenvalue weighted by Gasteiger charge is 2.28. The standard InChI is InChI=1S/C13H16N4O3S/c1-8-7-21-13-15-9(4-11(18)17(8)13)6-16-3-2-14-5-10(16)12(19)20/h4,7,10,14H,2-3,5-6H2,1H3,(H,19,20). The number of rotatable bonds is 3. The molecule has 1 fully saturated rings. The number of nitrogens with one attached hydrogen (secondary N) is 1. The largest absolute Gasteiger partial charge is 0.480 e. The van der Waals surface area contributed by atoms with Gasteiger partial charge in [0.15, 0.2) is 4.96 Å². The van der Waals surface area contributed by atoms with Crippen LogP contribution in [0.25, 0.3) is 4.96 Å². The molecule has 0 radical (unpaired) electrons. The number of fused-ring (bicyclic) bond motifs is 1. The summed E-state index contributed by atoms with van der Waals surface area (Å²) in [7, 11) is 0. The molecule has 0 aliphatic carbocycles. The van der Waals surface area contributed by atoms with Crippen LogP contribution < -0.4 is 10.9 Å². The molecular weight excluding hydrogens is 292 g/mol. The zero-order chi connectivity index (χ0) is 15.0. The van der Waals surface area contributed by atoms with E-state index in [0.717, 1.165) is 12.2 Å². The van der Waals surface area contributed by atoms with Gasteiger partial charge in [-0.1, -0.05) is 0 Å². The first-order valence-electron chi connectivity index (χ1n) is 6.70. The first kappa shape index (κ1) is 14.2. The van der Waals surface area contributed by atoms with Crippen molar-refractivity contribution in [3.05, 3.63) is 33.2 Å². The number of nitrogens with zero attached hydrogens (tertiary/aromatic N) is 3. The Labute approximate surface area is 124 Å². The van der Waals surface area contributed by atoms with Crippen LogP contribution in [0, 0.1) is 6.92 Å². The van der Waals surface area contributed by atoms with Crippen molar-refractivity contribution >= 4 is 22.3 Å². The van der Waals surface area contributed by atoms with Gasteiger partial charge in [0.05, 0.1) is 5.69 Å². The predicted octanol–water partition coefficient (Wildman–Crippen LogP) is -0.0772. The molecule has 2 N–H and O–H groups in total. The summed E-state index contributed by atoms with van der Waals surface area (Å²) in [5, 5.41) is 14.2. The fraction of sp³-hybridized carbons (Fsp3) is 0.462. The Morgan fingerprint density at radius 1 is 1.62 bits per heavy atom. The van der Waals surface area contributed by atoms with E-state index in [1.165, 1.54) is 17.4 Å². The van der Waals surface area contributed by atoms with Gasteiger partial charge in [0, 0.05) is 43.3 Å². The van der Waals surface area contributed by atoms with Gasteiger partial charge in [-0.2, -0.15) is 0 Å². The second-order valence-electron chi connectivity index (χ2n) is 5.11. The van der Waals surface area contributed by atoms with Crippen LogP contribution in [-0.4, -0.2) is 51.0 Å². The quantitative estimate of drug-likeness (QED) is 0.825. The number of thiazole rings is 1. The predicted molar refractivity (Wildman–Crippen MR) is 78.8 cm³/mol. The van der Waals surface area contributed by atoms with Crippen molar-refractivity contribution in [2.24, 2.45) is 0 Å². The third-order valence-electron chi connectivity index (χ3n) is 3.63. The van der Waals surface area contributed by atoms with Gasteiger partial charge in [-0.25, -0.2) is 4.98 Å². The number of aliphatic carboxylic acids is 1. The summed E-state index contributed by atoms with van der Waals surface area (Å²) in [5.74, 6) is -0.855. The Hall–Kier alpha value is -1.77. The summed E-state index contributed by atoms with van der Waals surface area (Å²) in [6.45, 7) is 4.02. The Balaban J connectivity index is 1.90. The molecule has 1 saturated heterocycles. The number of carboxylic acids is 1. The van der Waals surface area contributed by atoms with Crippen LogP contribution in [-0.2, 0) is 11.3 Å². The minimum Gasteiger partial charge on any atom is -0.480 e. The Bertz CT molecular complexity index is 739. The van der Waals surface area contributed by atoms with Crippen molar-refractivity contribution in [2.75, 3.05) is 19.6 Å². The highest BCUT2D eigenvalue weighted by molar-refractivity contribution is 7.15. The smallest absolute Gasteiger partial charge is 0.322 e. The average molecular weight is 308 g/mol. The highest BCUT2D eigenvalue weighted by atomic mass is 32.1. The van der Waals surface area contributed by atoms with Gasteiger partial charge in [-0.05, 0) is 6.92 Å². The number of carboxylic acid groups (broad SMARTS) is 1. The lowest BCUT2D eigenvalue weighted by atomic mass is 10.2. The molecule has 2 aromatic rings. The first-order chi connectivity index (χ1) is 10.1. The molecule has 0 amide bonds. The van der Waals surface area contributed by atoms with Gasteiger partial charge >= 0.3 is 5.97 Å². The lowest BCUT2D eigenvalue weighted by Gasteiger charge is -2.32. The molecule has 1 aliphatic rings. The molecule has 112 valence electrons. The van der Waals surface area contributed by atoms with Gasteiger partial charge in [0.1, 0.15) is 6.04 Å². The molecule has 1 aliphatic heterocycles. The number of aryl methyl sites for hydroxylation is 1. The van der Waals surface area contributed by atoms with Crippen LogP contribution in [0.15, 0.2) is 16.2 Å². The molecule has 0 saturated carbocycles. The Kier molecular flexibility index (Phi) is 3.75. The maximum atomic E-state index is 12.1. The second kappa shape index (κ2) is 5.55. The molecule has 2 aromatic heterocycles. The molecule has 21 heavy (non-hydrogen) atoms. The van der Waals surface area contributed by atoms with Crippen LogP contribution >= 0.6 is 11.3 Å². The summed E-state index contributed by atoms with van der Waals surface area (Å²) in [6.07, 6.45) is 0. The Morgan fingerprint density at radius 3 is 3.19 bits per heavy atom. The summed E-state index contributed by atoms with van der Waals surface area (Å²) >= 11 is 1.42. The SMILES string of the molecule is Cc1csc2nc(CN3CCNCC3C(=O)O)cc(=O)n12. The third kappa shape index (κ3) is 2.69. The summed E-state index contributed by atoms with van der Waals surface area (Å²) in [5.41, 5.74) is 1.37. The maximum Gasteiger partial charge on any atom is 0.322 e. The van der Waals surface area contributed by atoms with E-state index in [-0.39, 0.29) is 5.56 Å². The molecule has 0 spiro atoms. The van der Waals surface area contributed by atoms with E-state index in [0.29, 0.717) is 30.3 Å². The molecule has 3 rings (SSSR count). The van der Waals surface area contributed by atoms with Gasteiger partial charge in [0.2, 0.25) is 0 Å². The van der Waals surface area contributed by atoms with E-state index in [4.69, 9.17) is 0 Å². The first-order valence-corrected chi connectivity index (χ1v) is 7.58. The van der Waals surface area contributed by atoms with Crippen molar-refractivity contribution in [1.82, 2.24) is 19.6 Å². The van der Waals surface area contributed by atoms with Crippen LogP contribution in [0.2, 0.25) is 0 Å². The van der Waals surface area contributed by atoms with Gasteiger partial charge in [-0.15, -0.1) is 11.3 Å². The number of carbonyl (C=O) groups is 1. The normalized spacial score (nSPS) is 20.0. The van der Waals surface area contributed by atoms with E-state index in [1.54, 1.807) is 4.40 Å². The number of piperazine rings is 1. The summed E-state index contributed by atoms with van der Waals surface area (Å²) in [6, 6.07) is 0.914.